The van der Waals surface area contributed by atoms with Gasteiger partial charge in [0.25, 0.3) is 9.05 Å². The van der Waals surface area contributed by atoms with E-state index in [2.05, 4.69) is 0 Å². The number of aromatic amines is 1. The van der Waals surface area contributed by atoms with Gasteiger partial charge in [-0.05, 0) is 6.07 Å². The molecule has 0 aromatic carbocycles. The molecule has 0 fully saturated rings. The summed E-state index contributed by atoms with van der Waals surface area (Å²) in [6, 6.07) is 1.68. The van der Waals surface area contributed by atoms with Gasteiger partial charge in [0.1, 0.15) is 4.90 Å². The van der Waals surface area contributed by atoms with E-state index >= 15 is 0 Å². The standard InChI is InChI=1S/C5H3ClFNO3S/c6-12(10,11)3-1-2-4(9)8-5(3)7/h1-2H,(H,8,9). The largest absolute Gasteiger partial charge is 0.298 e. The van der Waals surface area contributed by atoms with E-state index in [4.69, 9.17) is 10.7 Å². The number of nitrogens with one attached hydrogen (secondary N) is 1. The van der Waals surface area contributed by atoms with Crippen molar-refractivity contribution in [1.29, 1.82) is 0 Å². The van der Waals surface area contributed by atoms with Gasteiger partial charge in [0, 0.05) is 16.7 Å². The van der Waals surface area contributed by atoms with Gasteiger partial charge in [-0.2, -0.15) is 4.39 Å². The normalized spacial score (nSPS) is 11.5. The van der Waals surface area contributed by atoms with Crippen LogP contribution in [0.5, 0.6) is 0 Å². The summed E-state index contributed by atoms with van der Waals surface area (Å²) in [5.41, 5.74) is -0.725. The molecule has 0 amide bonds. The van der Waals surface area contributed by atoms with Crippen molar-refractivity contribution in [3.63, 3.8) is 0 Å². The second-order valence-electron chi connectivity index (χ2n) is 1.94. The number of halogens is 2. The smallest absolute Gasteiger partial charge is 0.265 e. The highest BCUT2D eigenvalue weighted by Crippen LogP contribution is 2.14. The summed E-state index contributed by atoms with van der Waals surface area (Å²) in [5, 5.41) is 0. The minimum absolute atomic E-state index is 0.725. The van der Waals surface area contributed by atoms with Crippen LogP contribution in [0, 0.1) is 5.95 Å². The fourth-order valence-electron chi connectivity index (χ4n) is 0.624. The summed E-state index contributed by atoms with van der Waals surface area (Å²) in [6.45, 7) is 0. The molecule has 0 aliphatic heterocycles. The summed E-state index contributed by atoms with van der Waals surface area (Å²) < 4.78 is 33.8. The van der Waals surface area contributed by atoms with Gasteiger partial charge in [0.15, 0.2) is 0 Å². The lowest BCUT2D eigenvalue weighted by molar-refractivity contribution is 0.539. The fourth-order valence-corrected chi connectivity index (χ4v) is 1.48. The van der Waals surface area contributed by atoms with Gasteiger partial charge >= 0.3 is 0 Å². The Kier molecular flexibility index (Phi) is 2.20. The molecule has 12 heavy (non-hydrogen) atoms. The molecule has 0 unspecified atom stereocenters. The van der Waals surface area contributed by atoms with Gasteiger partial charge in [-0.1, -0.05) is 0 Å². The Hall–Kier alpha value is -0.880. The molecule has 0 aliphatic rings. The van der Waals surface area contributed by atoms with Gasteiger partial charge in [-0.15, -0.1) is 0 Å². The van der Waals surface area contributed by atoms with Crippen LogP contribution >= 0.6 is 10.7 Å². The molecule has 0 bridgehead atoms. The van der Waals surface area contributed by atoms with E-state index in [0.29, 0.717) is 0 Å². The molecule has 0 radical (unpaired) electrons. The van der Waals surface area contributed by atoms with E-state index in [1.807, 2.05) is 0 Å². The highest BCUT2D eigenvalue weighted by Gasteiger charge is 2.15. The Morgan fingerprint density at radius 3 is 2.42 bits per heavy atom. The van der Waals surface area contributed by atoms with Crippen LogP contribution in [0.3, 0.4) is 0 Å². The Labute approximate surface area is 71.4 Å². The van der Waals surface area contributed by atoms with E-state index in [-0.39, 0.29) is 0 Å². The highest BCUT2D eigenvalue weighted by atomic mass is 35.7. The number of hydrogen-bond donors (Lipinski definition) is 1. The summed E-state index contributed by atoms with van der Waals surface area (Å²) in [6.07, 6.45) is 0. The second kappa shape index (κ2) is 2.87. The van der Waals surface area contributed by atoms with Crippen LogP contribution in [0.2, 0.25) is 0 Å². The Bertz CT molecular complexity index is 452. The molecule has 4 nitrogen and oxygen atoms in total. The number of pyridine rings is 1. The van der Waals surface area contributed by atoms with E-state index in [0.717, 1.165) is 12.1 Å². The summed E-state index contributed by atoms with van der Waals surface area (Å²) >= 11 is 0. The summed E-state index contributed by atoms with van der Waals surface area (Å²) in [4.78, 5) is 11.4. The average Bonchev–Trinajstić information content (AvgIpc) is 1.83. The molecular formula is C5H3ClFNO3S. The van der Waals surface area contributed by atoms with Crippen molar-refractivity contribution in [2.45, 2.75) is 4.90 Å². The third kappa shape index (κ3) is 1.83. The van der Waals surface area contributed by atoms with Crippen LogP contribution in [0.1, 0.15) is 0 Å². The molecule has 1 aromatic heterocycles. The molecule has 0 atom stereocenters. The fraction of sp³-hybridized carbons (Fsp3) is 0. The van der Waals surface area contributed by atoms with Gasteiger partial charge in [-0.3, -0.25) is 9.78 Å². The predicted octanol–water partition coefficient (Wildman–Crippen LogP) is 0.442. The third-order valence-electron chi connectivity index (χ3n) is 1.10. The first-order valence-corrected chi connectivity index (χ1v) is 5.05. The van der Waals surface area contributed by atoms with Gasteiger partial charge < -0.3 is 0 Å². The van der Waals surface area contributed by atoms with Gasteiger partial charge in [-0.25, -0.2) is 8.42 Å². The Morgan fingerprint density at radius 2 is 2.00 bits per heavy atom. The average molecular weight is 212 g/mol. The van der Waals surface area contributed by atoms with Crippen molar-refractivity contribution in [3.8, 4) is 0 Å². The lowest BCUT2D eigenvalue weighted by Gasteiger charge is -1.95. The van der Waals surface area contributed by atoms with E-state index in [9.17, 15) is 17.6 Å². The molecular weight excluding hydrogens is 209 g/mol. The zero-order chi connectivity index (χ0) is 9.35. The maximum atomic E-state index is 12.6. The molecule has 0 spiro atoms. The quantitative estimate of drug-likeness (QED) is 0.542. The summed E-state index contributed by atoms with van der Waals surface area (Å²) in [7, 11) is 0.703. The van der Waals surface area contributed by atoms with Crippen LogP contribution in [0.4, 0.5) is 4.39 Å². The molecule has 7 heteroatoms. The van der Waals surface area contributed by atoms with Crippen molar-refractivity contribution in [3.05, 3.63) is 28.4 Å². The van der Waals surface area contributed by atoms with Crippen LogP contribution in [0.25, 0.3) is 0 Å². The van der Waals surface area contributed by atoms with Crippen molar-refractivity contribution in [1.82, 2.24) is 4.98 Å². The van der Waals surface area contributed by atoms with Crippen LogP contribution in [0.15, 0.2) is 21.8 Å². The van der Waals surface area contributed by atoms with Crippen molar-refractivity contribution >= 4 is 19.7 Å². The number of rotatable bonds is 1. The molecule has 66 valence electrons. The zero-order valence-corrected chi connectivity index (χ0v) is 7.12. The maximum Gasteiger partial charge on any atom is 0.265 e. The van der Waals surface area contributed by atoms with Crippen molar-refractivity contribution in [2.75, 3.05) is 0 Å². The third-order valence-corrected chi connectivity index (χ3v) is 2.44. The molecule has 0 saturated carbocycles. The lowest BCUT2D eigenvalue weighted by Crippen LogP contribution is -2.09. The lowest BCUT2D eigenvalue weighted by atomic mass is 10.5. The molecule has 1 N–H and O–H groups in total. The van der Waals surface area contributed by atoms with E-state index < -0.39 is 25.5 Å². The Morgan fingerprint density at radius 1 is 1.42 bits per heavy atom. The topological polar surface area (TPSA) is 67.0 Å². The monoisotopic (exact) mass is 211 g/mol. The molecule has 0 aliphatic carbocycles. The van der Waals surface area contributed by atoms with Crippen molar-refractivity contribution < 1.29 is 12.8 Å². The molecule has 1 rings (SSSR count). The first-order chi connectivity index (χ1) is 5.41. The highest BCUT2D eigenvalue weighted by molar-refractivity contribution is 8.13. The number of hydrogen-bond acceptors (Lipinski definition) is 3. The first-order valence-electron chi connectivity index (χ1n) is 2.75. The number of H-pyrrole nitrogens is 1. The molecule has 0 saturated heterocycles. The van der Waals surface area contributed by atoms with Crippen LogP contribution < -0.4 is 5.56 Å². The van der Waals surface area contributed by atoms with Crippen molar-refractivity contribution in [2.24, 2.45) is 0 Å². The van der Waals surface area contributed by atoms with Crippen LogP contribution in [-0.4, -0.2) is 13.4 Å². The predicted molar refractivity (Wildman–Crippen MR) is 40.1 cm³/mol. The Balaban J connectivity index is 3.49. The SMILES string of the molecule is O=c1ccc(S(=O)(=O)Cl)c(F)[nH]1. The minimum Gasteiger partial charge on any atom is -0.298 e. The van der Waals surface area contributed by atoms with E-state index in [1.165, 1.54) is 0 Å². The second-order valence-corrected chi connectivity index (χ2v) is 4.47. The summed E-state index contributed by atoms with van der Waals surface area (Å²) in [5.74, 6) is -1.25. The van der Waals surface area contributed by atoms with E-state index in [1.54, 1.807) is 4.98 Å². The minimum atomic E-state index is -4.12. The maximum absolute atomic E-state index is 12.6. The van der Waals surface area contributed by atoms with Crippen LogP contribution in [-0.2, 0) is 9.05 Å². The van der Waals surface area contributed by atoms with Gasteiger partial charge in [0.2, 0.25) is 11.5 Å². The van der Waals surface area contributed by atoms with Gasteiger partial charge in [0.05, 0.1) is 0 Å². The zero-order valence-electron chi connectivity index (χ0n) is 5.54. The number of aromatic nitrogens is 1. The molecule has 1 heterocycles. The first kappa shape index (κ1) is 9.21. The molecule has 1 aromatic rings.